The summed E-state index contributed by atoms with van der Waals surface area (Å²) in [5.41, 5.74) is 4.92. The van der Waals surface area contributed by atoms with Gasteiger partial charge in [-0.1, -0.05) is 6.92 Å². The first-order valence-electron chi connectivity index (χ1n) is 5.67. The van der Waals surface area contributed by atoms with E-state index >= 15 is 0 Å². The monoisotopic (exact) mass is 228 g/mol. The van der Waals surface area contributed by atoms with Crippen LogP contribution in [0.25, 0.3) is 0 Å². The minimum atomic E-state index is -0.654. The van der Waals surface area contributed by atoms with Crippen molar-refractivity contribution in [3.8, 4) is 0 Å². The van der Waals surface area contributed by atoms with E-state index in [0.717, 1.165) is 39.1 Å². The van der Waals surface area contributed by atoms with E-state index < -0.39 is 6.03 Å². The first kappa shape index (κ1) is 12.8. The molecule has 0 atom stereocenters. The number of carbonyl (C=O) groups excluding carboxylic acids is 2. The lowest BCUT2D eigenvalue weighted by Gasteiger charge is -2.21. The maximum Gasteiger partial charge on any atom is 0.312 e. The Bertz CT molecular complexity index is 257. The third-order valence-electron chi connectivity index (χ3n) is 2.80. The van der Waals surface area contributed by atoms with Crippen molar-refractivity contribution in [1.29, 1.82) is 0 Å². The number of nitrogens with two attached hydrogens (primary N) is 1. The second-order valence-electron chi connectivity index (χ2n) is 3.89. The fourth-order valence-electron chi connectivity index (χ4n) is 1.81. The van der Waals surface area contributed by atoms with Crippen molar-refractivity contribution < 1.29 is 9.59 Å². The van der Waals surface area contributed by atoms with E-state index in [4.69, 9.17) is 5.73 Å². The molecule has 3 N–H and O–H groups in total. The molecule has 0 bridgehead atoms. The van der Waals surface area contributed by atoms with Crippen LogP contribution in [-0.4, -0.2) is 61.0 Å². The molecule has 16 heavy (non-hydrogen) atoms. The Labute approximate surface area is 95.8 Å². The predicted molar refractivity (Wildman–Crippen MR) is 60.9 cm³/mol. The van der Waals surface area contributed by atoms with Gasteiger partial charge in [-0.15, -0.1) is 0 Å². The molecule has 0 spiro atoms. The van der Waals surface area contributed by atoms with E-state index in [1.165, 1.54) is 0 Å². The molecule has 0 aliphatic carbocycles. The van der Waals surface area contributed by atoms with Crippen molar-refractivity contribution in [3.05, 3.63) is 0 Å². The Kier molecular flexibility index (Phi) is 5.04. The Balaban J connectivity index is 2.35. The highest BCUT2D eigenvalue weighted by Crippen LogP contribution is 2.02. The minimum Gasteiger partial charge on any atom is -0.352 e. The predicted octanol–water partition coefficient (Wildman–Crippen LogP) is -0.791. The van der Waals surface area contributed by atoms with E-state index in [0.29, 0.717) is 0 Å². The van der Waals surface area contributed by atoms with Gasteiger partial charge in [0, 0.05) is 19.6 Å². The maximum atomic E-state index is 11.7. The molecule has 1 saturated heterocycles. The van der Waals surface area contributed by atoms with E-state index in [1.54, 1.807) is 4.90 Å². The Hall–Kier alpha value is -1.30. The summed E-state index contributed by atoms with van der Waals surface area (Å²) < 4.78 is 0. The fraction of sp³-hybridized carbons (Fsp3) is 0.800. The Morgan fingerprint density at radius 1 is 1.25 bits per heavy atom. The SMILES string of the molecule is CCN1CCCN(C(=O)CNC(N)=O)CC1. The topological polar surface area (TPSA) is 78.7 Å². The van der Waals surface area contributed by atoms with Crippen molar-refractivity contribution in [2.24, 2.45) is 5.73 Å². The molecule has 1 rings (SSSR count). The van der Waals surface area contributed by atoms with Gasteiger partial charge in [-0.05, 0) is 19.5 Å². The van der Waals surface area contributed by atoms with Crippen LogP contribution in [0.4, 0.5) is 4.79 Å². The molecule has 3 amide bonds. The summed E-state index contributed by atoms with van der Waals surface area (Å²) in [4.78, 5) is 26.3. The van der Waals surface area contributed by atoms with Crippen molar-refractivity contribution >= 4 is 11.9 Å². The number of nitrogens with zero attached hydrogens (tertiary/aromatic N) is 2. The van der Waals surface area contributed by atoms with Crippen LogP contribution in [0.1, 0.15) is 13.3 Å². The quantitative estimate of drug-likeness (QED) is 0.664. The van der Waals surface area contributed by atoms with E-state index in [1.807, 2.05) is 0 Å². The summed E-state index contributed by atoms with van der Waals surface area (Å²) in [6, 6.07) is -0.654. The second-order valence-corrected chi connectivity index (χ2v) is 3.89. The molecule has 0 saturated carbocycles. The Morgan fingerprint density at radius 3 is 2.62 bits per heavy atom. The van der Waals surface area contributed by atoms with Crippen LogP contribution in [0.15, 0.2) is 0 Å². The lowest BCUT2D eigenvalue weighted by atomic mass is 10.3. The zero-order chi connectivity index (χ0) is 12.0. The molecule has 92 valence electrons. The number of nitrogens with one attached hydrogen (secondary N) is 1. The first-order chi connectivity index (χ1) is 7.63. The van der Waals surface area contributed by atoms with Gasteiger partial charge in [0.1, 0.15) is 0 Å². The minimum absolute atomic E-state index is 0.00145. The number of rotatable bonds is 3. The van der Waals surface area contributed by atoms with Crippen LogP contribution >= 0.6 is 0 Å². The standard InChI is InChI=1S/C10H20N4O2/c1-2-13-4-3-5-14(7-6-13)9(15)8-12-10(11)16/h2-8H2,1H3,(H3,11,12,16). The van der Waals surface area contributed by atoms with Gasteiger partial charge in [0.15, 0.2) is 0 Å². The van der Waals surface area contributed by atoms with Gasteiger partial charge in [0.05, 0.1) is 6.54 Å². The molecule has 6 nitrogen and oxygen atoms in total. The lowest BCUT2D eigenvalue weighted by Crippen LogP contribution is -2.43. The summed E-state index contributed by atoms with van der Waals surface area (Å²) in [6.45, 7) is 6.56. The number of urea groups is 1. The molecule has 1 fully saturated rings. The number of hydrogen-bond donors (Lipinski definition) is 2. The van der Waals surface area contributed by atoms with Crippen molar-refractivity contribution in [1.82, 2.24) is 15.1 Å². The average Bonchev–Trinajstić information content (AvgIpc) is 2.50. The average molecular weight is 228 g/mol. The van der Waals surface area contributed by atoms with Crippen molar-refractivity contribution in [2.45, 2.75) is 13.3 Å². The van der Waals surface area contributed by atoms with Gasteiger partial charge in [-0.3, -0.25) is 4.79 Å². The number of carbonyl (C=O) groups is 2. The summed E-state index contributed by atoms with van der Waals surface area (Å²) >= 11 is 0. The van der Waals surface area contributed by atoms with Crippen molar-refractivity contribution in [3.63, 3.8) is 0 Å². The van der Waals surface area contributed by atoms with Crippen LogP contribution < -0.4 is 11.1 Å². The molecule has 1 aliphatic rings. The van der Waals surface area contributed by atoms with Crippen LogP contribution in [-0.2, 0) is 4.79 Å². The summed E-state index contributed by atoms with van der Waals surface area (Å²) in [6.07, 6.45) is 0.982. The number of hydrogen-bond acceptors (Lipinski definition) is 3. The third-order valence-corrected chi connectivity index (χ3v) is 2.80. The molecule has 0 aromatic carbocycles. The zero-order valence-electron chi connectivity index (χ0n) is 9.74. The largest absolute Gasteiger partial charge is 0.352 e. The van der Waals surface area contributed by atoms with Gasteiger partial charge >= 0.3 is 6.03 Å². The molecule has 0 unspecified atom stereocenters. The van der Waals surface area contributed by atoms with Crippen LogP contribution in [0, 0.1) is 0 Å². The Morgan fingerprint density at radius 2 is 2.00 bits per heavy atom. The molecular weight excluding hydrogens is 208 g/mol. The molecular formula is C10H20N4O2. The number of primary amides is 1. The van der Waals surface area contributed by atoms with Gasteiger partial charge in [0.25, 0.3) is 0 Å². The highest BCUT2D eigenvalue weighted by atomic mass is 16.2. The molecule has 6 heteroatoms. The van der Waals surface area contributed by atoms with E-state index in [2.05, 4.69) is 17.1 Å². The second kappa shape index (κ2) is 6.32. The molecule has 0 aromatic heterocycles. The van der Waals surface area contributed by atoms with Gasteiger partial charge in [-0.2, -0.15) is 0 Å². The molecule has 0 radical (unpaired) electrons. The molecule has 0 aromatic rings. The lowest BCUT2D eigenvalue weighted by molar-refractivity contribution is -0.129. The van der Waals surface area contributed by atoms with E-state index in [-0.39, 0.29) is 12.5 Å². The zero-order valence-corrected chi connectivity index (χ0v) is 9.74. The van der Waals surface area contributed by atoms with Gasteiger partial charge < -0.3 is 20.9 Å². The van der Waals surface area contributed by atoms with Gasteiger partial charge in [-0.25, -0.2) is 4.79 Å². The highest BCUT2D eigenvalue weighted by molar-refractivity contribution is 5.83. The number of likely N-dealkylation sites (N-methyl/N-ethyl adjacent to an activating group) is 1. The first-order valence-corrected chi connectivity index (χ1v) is 5.67. The van der Waals surface area contributed by atoms with Crippen molar-refractivity contribution in [2.75, 3.05) is 39.3 Å². The van der Waals surface area contributed by atoms with Gasteiger partial charge in [0.2, 0.25) is 5.91 Å². The highest BCUT2D eigenvalue weighted by Gasteiger charge is 2.18. The molecule has 1 heterocycles. The fourth-order valence-corrected chi connectivity index (χ4v) is 1.81. The van der Waals surface area contributed by atoms with E-state index in [9.17, 15) is 9.59 Å². The smallest absolute Gasteiger partial charge is 0.312 e. The maximum absolute atomic E-state index is 11.7. The number of amides is 3. The normalized spacial score (nSPS) is 17.9. The molecule has 1 aliphatic heterocycles. The van der Waals surface area contributed by atoms with Crippen LogP contribution in [0.5, 0.6) is 0 Å². The van der Waals surface area contributed by atoms with Crippen LogP contribution in [0.2, 0.25) is 0 Å². The third kappa shape index (κ3) is 4.06. The van der Waals surface area contributed by atoms with Crippen LogP contribution in [0.3, 0.4) is 0 Å². The summed E-state index contributed by atoms with van der Waals surface area (Å²) in [5, 5.41) is 2.32. The summed E-state index contributed by atoms with van der Waals surface area (Å²) in [5.74, 6) is -0.0586. The summed E-state index contributed by atoms with van der Waals surface area (Å²) in [7, 11) is 0.